The maximum Gasteiger partial charge on any atom is 0.719 e. The normalized spacial score (nSPS) is 18.2. The Hall–Kier alpha value is -2.09. The van der Waals surface area contributed by atoms with Crippen LogP contribution in [-0.2, 0) is 37.3 Å². The minimum absolute atomic E-state index is 0.294. The Balaban J connectivity index is 2.26. The Kier molecular flexibility index (Phi) is 8.26. The van der Waals surface area contributed by atoms with E-state index in [4.69, 9.17) is 26.7 Å². The molecule has 2 rings (SSSR count). The number of imidazole rings is 1. The average molecular weight is 532 g/mol. The quantitative estimate of drug-likeness (QED) is 0.125. The molecule has 2 aromatic heterocycles. The number of methoxy groups -OCH3 is 1. The van der Waals surface area contributed by atoms with E-state index >= 15 is 0 Å². The minimum atomic E-state index is -5.31. The van der Waals surface area contributed by atoms with Crippen molar-refractivity contribution in [3.8, 4) is 12.3 Å². The molecule has 8 N–H and O–H groups in total. The van der Waals surface area contributed by atoms with Crippen molar-refractivity contribution in [1.82, 2.24) is 19.5 Å². The van der Waals surface area contributed by atoms with Gasteiger partial charge < -0.3 is 30.5 Å². The first kappa shape index (κ1) is 27.2. The summed E-state index contributed by atoms with van der Waals surface area (Å²) < 4.78 is 51.2. The Morgan fingerprint density at radius 2 is 2.03 bits per heavy atom. The van der Waals surface area contributed by atoms with E-state index in [1.54, 1.807) is 0 Å². The Morgan fingerprint density at radius 3 is 2.58 bits per heavy atom. The molecule has 0 spiro atoms. The summed E-state index contributed by atoms with van der Waals surface area (Å²) in [4.78, 5) is 48.2. The van der Waals surface area contributed by atoms with Gasteiger partial charge in [0.05, 0.1) is 6.61 Å². The van der Waals surface area contributed by atoms with Crippen molar-refractivity contribution in [1.29, 1.82) is 0 Å². The number of aromatic amines is 1. The summed E-state index contributed by atoms with van der Waals surface area (Å²) in [6, 6.07) is 0. The molecule has 0 aromatic carbocycles. The van der Waals surface area contributed by atoms with Crippen LogP contribution in [0, 0.1) is 12.3 Å². The fourth-order valence-corrected chi connectivity index (χ4v) is 4.68. The Morgan fingerprint density at radius 1 is 1.39 bits per heavy atom. The van der Waals surface area contributed by atoms with Gasteiger partial charge in [0.25, 0.3) is 5.56 Å². The zero-order valence-electron chi connectivity index (χ0n) is 16.3. The van der Waals surface area contributed by atoms with Crippen molar-refractivity contribution < 1.29 is 56.5 Å². The monoisotopic (exact) mass is 532 g/mol. The van der Waals surface area contributed by atoms with Crippen molar-refractivity contribution in [2.45, 2.75) is 17.9 Å². The molecule has 0 aliphatic carbocycles. The topological polar surface area (TPSA) is 279 Å². The Labute approximate surface area is 184 Å². The second-order valence-electron chi connectivity index (χ2n) is 5.97. The van der Waals surface area contributed by atoms with Crippen molar-refractivity contribution >= 4 is 41.0 Å². The number of aromatic nitrogens is 4. The molecule has 21 heteroatoms. The first-order valence-electron chi connectivity index (χ1n) is 8.17. The lowest BCUT2D eigenvalue weighted by atomic mass is 10.0. The van der Waals surface area contributed by atoms with Crippen LogP contribution in [0.3, 0.4) is 0 Å². The zero-order chi connectivity index (χ0) is 25.2. The molecule has 0 amide bonds. The fourth-order valence-electron chi connectivity index (χ4n) is 2.40. The average Bonchev–Trinajstić information content (AvgIpc) is 3.10. The number of rotatable bonds is 11. The van der Waals surface area contributed by atoms with Gasteiger partial charge in [-0.05, 0) is 14.5 Å². The first-order chi connectivity index (χ1) is 15.1. The van der Waals surface area contributed by atoms with Crippen LogP contribution >= 0.6 is 23.9 Å². The van der Waals surface area contributed by atoms with E-state index in [9.17, 15) is 33.6 Å². The predicted molar refractivity (Wildman–Crippen MR) is 106 cm³/mol. The highest BCUT2D eigenvalue weighted by molar-refractivity contribution is 7.61. The summed E-state index contributed by atoms with van der Waals surface area (Å²) in [5, 5.41) is 21.6. The summed E-state index contributed by atoms with van der Waals surface area (Å²) in [5.41, 5.74) is 1.35. The molecule has 0 saturated heterocycles. The minimum Gasteiger partial charge on any atom is -0.384 e. The van der Waals surface area contributed by atoms with Crippen LogP contribution in [0.25, 0.3) is 11.2 Å². The number of fused-ring (bicyclic) bond motifs is 1. The van der Waals surface area contributed by atoms with Gasteiger partial charge in [-0.15, -0.1) is 6.42 Å². The molecule has 182 valence electrons. The van der Waals surface area contributed by atoms with Gasteiger partial charge in [-0.25, -0.2) is 14.1 Å². The summed E-state index contributed by atoms with van der Waals surface area (Å²) in [7, 11) is -13.4. The van der Waals surface area contributed by atoms with Gasteiger partial charge in [0, 0.05) is 11.7 Å². The number of aliphatic hydroxyl groups is 2. The van der Waals surface area contributed by atoms with Gasteiger partial charge in [0.1, 0.15) is 18.5 Å². The molecule has 33 heavy (non-hydrogen) atoms. The summed E-state index contributed by atoms with van der Waals surface area (Å²) in [5.74, 6) is 1.50. The van der Waals surface area contributed by atoms with E-state index in [2.05, 4.69) is 28.1 Å². The van der Waals surface area contributed by atoms with Crippen molar-refractivity contribution in [2.75, 3.05) is 19.5 Å². The van der Waals surface area contributed by atoms with Crippen LogP contribution in [0.15, 0.2) is 11.1 Å². The van der Waals surface area contributed by atoms with Gasteiger partial charge >= 0.3 is 23.9 Å². The molecule has 0 fully saturated rings. The predicted octanol–water partition coefficient (Wildman–Crippen LogP) is -1.74. The third-order valence-corrected chi connectivity index (χ3v) is 7.04. The van der Waals surface area contributed by atoms with E-state index < -0.39 is 54.0 Å². The molecule has 2 aromatic rings. The first-order valence-corrected chi connectivity index (χ1v) is 12.3. The number of H-pyrrole nitrogens is 1. The highest BCUT2D eigenvalue weighted by Crippen LogP contribution is 2.58. The van der Waals surface area contributed by atoms with E-state index in [0.29, 0.717) is 4.57 Å². The summed E-state index contributed by atoms with van der Waals surface area (Å²) >= 11 is 0. The molecule has 0 bridgehead atoms. The highest BCUT2D eigenvalue weighted by atomic mass is 31.3. The lowest BCUT2D eigenvalue weighted by Crippen LogP contribution is -2.51. The number of aliphatic hydroxyl groups excluding tert-OH is 1. The standard InChI is InChI=1S/C12H16N5O13P3/c1-3-12(20,17-5-14-7-9(17)15-11(13)16-10(7)19)8(18)6(27-2)4-28-33(25,26)30-31(21)29-32(22,23)24/h1,5-6,8,18,20H,4H2,2H3,(H5-,13,15,16,19,22,23,24,25,26)/p+1/t6-,8+,12+/m0/s1. The van der Waals surface area contributed by atoms with Crippen LogP contribution in [-0.4, -0.2) is 70.3 Å². The number of nitrogens with two attached hydrogens (primary N) is 1. The number of terminal acetylenes is 1. The summed E-state index contributed by atoms with van der Waals surface area (Å²) in [6.45, 7) is -1.04. The molecule has 0 aliphatic heterocycles. The van der Waals surface area contributed by atoms with Crippen molar-refractivity contribution in [2.24, 2.45) is 0 Å². The van der Waals surface area contributed by atoms with E-state index in [1.807, 2.05) is 5.92 Å². The number of phosphoric acid groups is 2. The lowest BCUT2D eigenvalue weighted by molar-refractivity contribution is -0.151. The Bertz CT molecular complexity index is 1230. The molecule has 0 aliphatic rings. The molecule has 5 atom stereocenters. The summed E-state index contributed by atoms with van der Waals surface area (Å²) in [6.07, 6.45) is 2.39. The van der Waals surface area contributed by atoms with Crippen LogP contribution in [0.5, 0.6) is 0 Å². The number of nitrogens with zero attached hydrogens (tertiary/aromatic N) is 3. The number of phosphoric ester groups is 1. The number of hydrogen-bond acceptors (Lipinski definition) is 13. The van der Waals surface area contributed by atoms with Gasteiger partial charge in [-0.3, -0.25) is 23.8 Å². The molecule has 18 nitrogen and oxygen atoms in total. The van der Waals surface area contributed by atoms with Gasteiger partial charge in [-0.1, -0.05) is 0 Å². The van der Waals surface area contributed by atoms with Crippen molar-refractivity contribution in [3.05, 3.63) is 16.7 Å². The maximum absolute atomic E-state index is 11.9. The number of ether oxygens (including phenoxy) is 1. The molecule has 2 unspecified atom stereocenters. The van der Waals surface area contributed by atoms with Crippen LogP contribution in [0.2, 0.25) is 0 Å². The molecular formula is C12H17N5O13P3+. The smallest absolute Gasteiger partial charge is 0.384 e. The molecular weight excluding hydrogens is 515 g/mol. The van der Waals surface area contributed by atoms with Gasteiger partial charge in [0.15, 0.2) is 11.2 Å². The SMILES string of the molecule is C#C[C@@](O)([C@H](O)[C@H](COP(=O)(O)O[P+](=O)OP(=O)(O)O)OC)n1cnc2c(=O)[nH]c(N)nc21. The second kappa shape index (κ2) is 10.0. The van der Waals surface area contributed by atoms with Crippen LogP contribution in [0.4, 0.5) is 5.95 Å². The largest absolute Gasteiger partial charge is 0.719 e. The zero-order valence-corrected chi connectivity index (χ0v) is 19.0. The molecule has 2 heterocycles. The number of nitrogens with one attached hydrogen (secondary N) is 1. The van der Waals surface area contributed by atoms with E-state index in [-0.39, 0.29) is 17.1 Å². The number of nitrogen functional groups attached to an aromatic ring is 1. The number of hydrogen-bond donors (Lipinski definition) is 7. The molecule has 0 saturated carbocycles. The highest BCUT2D eigenvalue weighted by Gasteiger charge is 2.46. The van der Waals surface area contributed by atoms with Gasteiger partial charge in [0.2, 0.25) is 11.7 Å². The van der Waals surface area contributed by atoms with Crippen molar-refractivity contribution in [3.63, 3.8) is 0 Å². The maximum atomic E-state index is 11.9. The van der Waals surface area contributed by atoms with E-state index in [1.165, 1.54) is 0 Å². The van der Waals surface area contributed by atoms with E-state index in [0.717, 1.165) is 13.4 Å². The van der Waals surface area contributed by atoms with Crippen LogP contribution < -0.4 is 11.3 Å². The molecule has 0 radical (unpaired) electrons. The lowest BCUT2D eigenvalue weighted by Gasteiger charge is -2.33. The van der Waals surface area contributed by atoms with Crippen LogP contribution in [0.1, 0.15) is 0 Å². The number of anilines is 1. The van der Waals surface area contributed by atoms with Gasteiger partial charge in [-0.2, -0.15) is 4.98 Å². The third-order valence-electron chi connectivity index (χ3n) is 3.82. The third kappa shape index (κ3) is 6.49. The second-order valence-corrected chi connectivity index (χ2v) is 9.90. The fraction of sp³-hybridized carbons (Fsp3) is 0.417.